The number of hydrogen-bond acceptors (Lipinski definition) is 2. The van der Waals surface area contributed by atoms with E-state index in [2.05, 4.69) is 0 Å². The summed E-state index contributed by atoms with van der Waals surface area (Å²) in [5, 5.41) is 8.32. The molecule has 0 radical (unpaired) electrons. The quantitative estimate of drug-likeness (QED) is 0.521. The Morgan fingerprint density at radius 1 is 0.944 bits per heavy atom. The van der Waals surface area contributed by atoms with Gasteiger partial charge in [-0.1, -0.05) is 24.3 Å². The zero-order chi connectivity index (χ0) is 14.1. The first-order chi connectivity index (χ1) is 8.07. The highest BCUT2D eigenvalue weighted by molar-refractivity contribution is 6.39. The van der Waals surface area contributed by atoms with E-state index in [1.807, 2.05) is 0 Å². The number of carboxylic acid groups (broad SMARTS) is 1. The van der Waals surface area contributed by atoms with E-state index in [0.29, 0.717) is 24.3 Å². The average molecular weight is 268 g/mol. The van der Waals surface area contributed by atoms with Crippen molar-refractivity contribution in [1.29, 1.82) is 0 Å². The van der Waals surface area contributed by atoms with Crippen LogP contribution < -0.4 is 0 Å². The van der Waals surface area contributed by atoms with Crippen LogP contribution in [0.2, 0.25) is 0 Å². The Hall–Kier alpha value is -1.99. The van der Waals surface area contributed by atoms with Gasteiger partial charge in [-0.05, 0) is 0 Å². The molecule has 1 aromatic carbocycles. The summed E-state index contributed by atoms with van der Waals surface area (Å²) in [5.74, 6) is -8.28. The van der Waals surface area contributed by atoms with Gasteiger partial charge in [0, 0.05) is 11.1 Å². The lowest BCUT2D eigenvalue weighted by Gasteiger charge is -2.19. The molecule has 0 aliphatic rings. The van der Waals surface area contributed by atoms with E-state index < -0.39 is 35.0 Å². The SMILES string of the molecule is O=C(O)C(=O)c1ccc(C(F)(F)C(F)(F)F)cc1. The average Bonchev–Trinajstić information content (AvgIpc) is 2.26. The Balaban J connectivity index is 3.11. The van der Waals surface area contributed by atoms with Gasteiger partial charge in [-0.15, -0.1) is 0 Å². The maximum absolute atomic E-state index is 12.8. The van der Waals surface area contributed by atoms with Crippen molar-refractivity contribution >= 4 is 11.8 Å². The molecule has 1 aromatic rings. The Bertz CT molecular complexity index is 475. The van der Waals surface area contributed by atoms with Gasteiger partial charge in [-0.2, -0.15) is 22.0 Å². The summed E-state index contributed by atoms with van der Waals surface area (Å²) in [7, 11) is 0. The van der Waals surface area contributed by atoms with Gasteiger partial charge >= 0.3 is 18.1 Å². The highest BCUT2D eigenvalue weighted by Crippen LogP contribution is 2.43. The molecule has 0 spiro atoms. The lowest BCUT2D eigenvalue weighted by molar-refractivity contribution is -0.289. The molecular weight excluding hydrogens is 263 g/mol. The van der Waals surface area contributed by atoms with Gasteiger partial charge in [-0.25, -0.2) is 4.79 Å². The number of carbonyl (C=O) groups is 2. The Kier molecular flexibility index (Phi) is 3.40. The number of carboxylic acids is 1. The molecule has 0 aliphatic carbocycles. The topological polar surface area (TPSA) is 54.4 Å². The van der Waals surface area contributed by atoms with Crippen LogP contribution in [0.1, 0.15) is 15.9 Å². The summed E-state index contributed by atoms with van der Waals surface area (Å²) >= 11 is 0. The molecule has 0 atom stereocenters. The smallest absolute Gasteiger partial charge is 0.458 e. The first-order valence-corrected chi connectivity index (χ1v) is 4.40. The molecule has 0 aliphatic heterocycles. The molecule has 0 amide bonds. The second kappa shape index (κ2) is 4.35. The molecule has 0 bridgehead atoms. The van der Waals surface area contributed by atoms with Crippen LogP contribution in [0.25, 0.3) is 0 Å². The lowest BCUT2D eigenvalue weighted by Crippen LogP contribution is -2.33. The molecule has 8 heteroatoms. The molecule has 3 nitrogen and oxygen atoms in total. The molecule has 0 aromatic heterocycles. The van der Waals surface area contributed by atoms with Crippen LogP contribution in [-0.2, 0) is 10.7 Å². The minimum Gasteiger partial charge on any atom is -0.475 e. The van der Waals surface area contributed by atoms with Crippen LogP contribution in [0.15, 0.2) is 24.3 Å². The molecular formula is C10H5F5O3. The third-order valence-electron chi connectivity index (χ3n) is 2.06. The molecule has 0 saturated heterocycles. The fraction of sp³-hybridized carbons (Fsp3) is 0.200. The summed E-state index contributed by atoms with van der Waals surface area (Å²) < 4.78 is 61.6. The van der Waals surface area contributed by atoms with Crippen LogP contribution in [0.5, 0.6) is 0 Å². The van der Waals surface area contributed by atoms with E-state index in [-0.39, 0.29) is 0 Å². The predicted octanol–water partition coefficient (Wildman–Crippen LogP) is 2.61. The van der Waals surface area contributed by atoms with Crippen molar-refractivity contribution in [2.24, 2.45) is 0 Å². The van der Waals surface area contributed by atoms with Gasteiger partial charge in [0.2, 0.25) is 0 Å². The van der Waals surface area contributed by atoms with Crippen molar-refractivity contribution in [1.82, 2.24) is 0 Å². The highest BCUT2D eigenvalue weighted by Gasteiger charge is 2.58. The Morgan fingerprint density at radius 3 is 1.72 bits per heavy atom. The van der Waals surface area contributed by atoms with Gasteiger partial charge in [-0.3, -0.25) is 4.79 Å². The van der Waals surface area contributed by atoms with Crippen molar-refractivity contribution in [2.45, 2.75) is 12.1 Å². The van der Waals surface area contributed by atoms with Gasteiger partial charge < -0.3 is 5.11 Å². The summed E-state index contributed by atoms with van der Waals surface area (Å²) in [5.41, 5.74) is -1.85. The second-order valence-electron chi connectivity index (χ2n) is 3.28. The standard InChI is InChI=1S/C10H5F5O3/c11-9(12,10(13,14)15)6-3-1-5(2-4-6)7(16)8(17)18/h1-4H,(H,17,18). The first-order valence-electron chi connectivity index (χ1n) is 4.40. The fourth-order valence-corrected chi connectivity index (χ4v) is 1.12. The molecule has 0 unspecified atom stereocenters. The number of alkyl halides is 5. The van der Waals surface area contributed by atoms with Crippen molar-refractivity contribution in [3.05, 3.63) is 35.4 Å². The second-order valence-corrected chi connectivity index (χ2v) is 3.28. The zero-order valence-electron chi connectivity index (χ0n) is 8.46. The van der Waals surface area contributed by atoms with Gasteiger partial charge in [0.05, 0.1) is 0 Å². The number of hydrogen-bond donors (Lipinski definition) is 1. The van der Waals surface area contributed by atoms with Crippen molar-refractivity contribution in [2.75, 3.05) is 0 Å². The molecule has 0 saturated carbocycles. The Morgan fingerprint density at radius 2 is 1.39 bits per heavy atom. The number of Topliss-reactive ketones (excluding diaryl/α,β-unsaturated/α-hetero) is 1. The summed E-state index contributed by atoms with van der Waals surface area (Å²) in [6.45, 7) is 0. The van der Waals surface area contributed by atoms with E-state index in [4.69, 9.17) is 5.11 Å². The normalized spacial score (nSPS) is 12.3. The van der Waals surface area contributed by atoms with Crippen molar-refractivity contribution in [3.8, 4) is 0 Å². The van der Waals surface area contributed by atoms with Crippen LogP contribution in [0.3, 0.4) is 0 Å². The highest BCUT2D eigenvalue weighted by atomic mass is 19.4. The molecule has 0 heterocycles. The molecule has 18 heavy (non-hydrogen) atoms. The number of carbonyl (C=O) groups excluding carboxylic acids is 1. The van der Waals surface area contributed by atoms with E-state index in [1.165, 1.54) is 0 Å². The van der Waals surface area contributed by atoms with Gasteiger partial charge in [0.15, 0.2) is 0 Å². The molecule has 1 N–H and O–H groups in total. The lowest BCUT2D eigenvalue weighted by atomic mass is 10.0. The zero-order valence-corrected chi connectivity index (χ0v) is 8.46. The van der Waals surface area contributed by atoms with E-state index >= 15 is 0 Å². The number of ketones is 1. The monoisotopic (exact) mass is 268 g/mol. The van der Waals surface area contributed by atoms with Crippen LogP contribution in [0, 0.1) is 0 Å². The minimum absolute atomic E-state index is 0.365. The number of benzene rings is 1. The van der Waals surface area contributed by atoms with Crippen molar-refractivity contribution in [3.63, 3.8) is 0 Å². The fourth-order valence-electron chi connectivity index (χ4n) is 1.12. The first kappa shape index (κ1) is 14.1. The minimum atomic E-state index is -5.76. The van der Waals surface area contributed by atoms with Gasteiger partial charge in [0.25, 0.3) is 5.78 Å². The van der Waals surface area contributed by atoms with E-state index in [1.54, 1.807) is 0 Å². The molecule has 1 rings (SSSR count). The van der Waals surface area contributed by atoms with Crippen LogP contribution in [-0.4, -0.2) is 23.0 Å². The third-order valence-corrected chi connectivity index (χ3v) is 2.06. The summed E-state index contributed by atoms with van der Waals surface area (Å²) in [6, 6.07) is 1.93. The van der Waals surface area contributed by atoms with Gasteiger partial charge in [0.1, 0.15) is 0 Å². The molecule has 0 fully saturated rings. The molecule has 98 valence electrons. The van der Waals surface area contributed by atoms with E-state index in [9.17, 15) is 31.5 Å². The number of rotatable bonds is 3. The Labute approximate surface area is 96.8 Å². The summed E-state index contributed by atoms with van der Waals surface area (Å²) in [6.07, 6.45) is -5.76. The maximum atomic E-state index is 12.8. The maximum Gasteiger partial charge on any atom is 0.458 e. The number of aliphatic carboxylic acids is 1. The third kappa shape index (κ3) is 2.47. The number of halogens is 5. The summed E-state index contributed by atoms with van der Waals surface area (Å²) in [4.78, 5) is 21.2. The van der Waals surface area contributed by atoms with Crippen LogP contribution in [0.4, 0.5) is 22.0 Å². The van der Waals surface area contributed by atoms with E-state index in [0.717, 1.165) is 0 Å². The van der Waals surface area contributed by atoms with Crippen LogP contribution >= 0.6 is 0 Å². The predicted molar refractivity (Wildman–Crippen MR) is 48.4 cm³/mol. The van der Waals surface area contributed by atoms with Crippen molar-refractivity contribution < 1.29 is 36.6 Å². The largest absolute Gasteiger partial charge is 0.475 e.